The number of hydrogen-bond donors (Lipinski definition) is 1. The summed E-state index contributed by atoms with van der Waals surface area (Å²) in [6.07, 6.45) is 0.938. The molecule has 0 spiro atoms. The van der Waals surface area contributed by atoms with Gasteiger partial charge in [-0.2, -0.15) is 0 Å². The van der Waals surface area contributed by atoms with Crippen LogP contribution in [-0.2, 0) is 4.84 Å². The Balaban J connectivity index is 3.65. The van der Waals surface area contributed by atoms with Crippen molar-refractivity contribution in [2.45, 2.75) is 13.8 Å². The highest BCUT2D eigenvalue weighted by Gasteiger charge is 1.94. The Hall–Kier alpha value is -1.26. The molecule has 0 radical (unpaired) electrons. The lowest BCUT2D eigenvalue weighted by Crippen LogP contribution is -2.22. The molecular formula is C7H15N3O2. The Morgan fingerprint density at radius 3 is 2.58 bits per heavy atom. The van der Waals surface area contributed by atoms with Crippen LogP contribution in [0.5, 0.6) is 0 Å². The molecule has 0 aromatic rings. The Kier molecular flexibility index (Phi) is 5.77. The van der Waals surface area contributed by atoms with Crippen LogP contribution in [0.3, 0.4) is 0 Å². The van der Waals surface area contributed by atoms with E-state index in [1.807, 2.05) is 18.7 Å². The van der Waals surface area contributed by atoms with Gasteiger partial charge in [-0.1, -0.05) is 5.16 Å². The molecule has 5 heteroatoms. The molecule has 0 fully saturated rings. The Labute approximate surface area is 72.4 Å². The summed E-state index contributed by atoms with van der Waals surface area (Å²) in [5, 5.41) is 5.75. The van der Waals surface area contributed by atoms with Crippen molar-refractivity contribution in [3.63, 3.8) is 0 Å². The summed E-state index contributed by atoms with van der Waals surface area (Å²) in [5.41, 5.74) is 0. The Bertz CT molecular complexity index is 155. The number of carbonyl (C=O) groups is 1. The lowest BCUT2D eigenvalue weighted by molar-refractivity contribution is 0.152. The molecule has 0 aromatic carbocycles. The van der Waals surface area contributed by atoms with Gasteiger partial charge in [0.25, 0.3) is 0 Å². The van der Waals surface area contributed by atoms with Gasteiger partial charge in [0.05, 0.1) is 0 Å². The van der Waals surface area contributed by atoms with Crippen LogP contribution in [0.15, 0.2) is 5.16 Å². The molecule has 0 aliphatic rings. The van der Waals surface area contributed by atoms with E-state index in [1.54, 1.807) is 0 Å². The molecule has 5 nitrogen and oxygen atoms in total. The maximum atomic E-state index is 10.5. The summed E-state index contributed by atoms with van der Waals surface area (Å²) in [4.78, 5) is 16.8. The van der Waals surface area contributed by atoms with Crippen molar-refractivity contribution in [1.29, 1.82) is 0 Å². The number of rotatable bonds is 4. The summed E-state index contributed by atoms with van der Waals surface area (Å²) in [6.45, 7) is 5.68. The molecule has 0 heterocycles. The zero-order chi connectivity index (χ0) is 9.40. The summed E-state index contributed by atoms with van der Waals surface area (Å²) in [6, 6.07) is 0. The standard InChI is InChI=1S/C7H15N3O2/c1-4-10(5-2)6-9-12-7(11)8-3/h6H,4-5H2,1-3H3,(H,8,11). The van der Waals surface area contributed by atoms with E-state index in [9.17, 15) is 4.79 Å². The van der Waals surface area contributed by atoms with Crippen LogP contribution in [-0.4, -0.2) is 37.5 Å². The minimum atomic E-state index is -0.557. The number of hydrogen-bond acceptors (Lipinski definition) is 3. The first-order chi connectivity index (χ1) is 5.74. The molecule has 0 bridgehead atoms. The van der Waals surface area contributed by atoms with Gasteiger partial charge < -0.3 is 10.2 Å². The molecule has 0 saturated heterocycles. The van der Waals surface area contributed by atoms with Crippen LogP contribution in [0, 0.1) is 0 Å². The van der Waals surface area contributed by atoms with E-state index >= 15 is 0 Å². The van der Waals surface area contributed by atoms with Crippen molar-refractivity contribution in [3.8, 4) is 0 Å². The summed E-state index contributed by atoms with van der Waals surface area (Å²) in [7, 11) is 1.48. The van der Waals surface area contributed by atoms with E-state index in [-0.39, 0.29) is 0 Å². The third kappa shape index (κ3) is 4.54. The molecular weight excluding hydrogens is 158 g/mol. The average molecular weight is 173 g/mol. The quantitative estimate of drug-likeness (QED) is 0.293. The number of nitrogens with zero attached hydrogens (tertiary/aromatic N) is 2. The Morgan fingerprint density at radius 2 is 2.17 bits per heavy atom. The molecule has 12 heavy (non-hydrogen) atoms. The van der Waals surface area contributed by atoms with Gasteiger partial charge in [0.2, 0.25) is 0 Å². The molecule has 0 aromatic heterocycles. The minimum absolute atomic E-state index is 0.557. The van der Waals surface area contributed by atoms with Crippen LogP contribution >= 0.6 is 0 Å². The van der Waals surface area contributed by atoms with Crippen molar-refractivity contribution >= 4 is 12.4 Å². The van der Waals surface area contributed by atoms with Crippen LogP contribution in [0.4, 0.5) is 4.79 Å². The van der Waals surface area contributed by atoms with E-state index in [2.05, 4.69) is 15.3 Å². The normalized spacial score (nSPS) is 9.92. The summed E-state index contributed by atoms with van der Waals surface area (Å²) in [5.74, 6) is 0. The monoisotopic (exact) mass is 173 g/mol. The highest BCUT2D eigenvalue weighted by molar-refractivity contribution is 5.67. The smallest absolute Gasteiger partial charge is 0.360 e. The lowest BCUT2D eigenvalue weighted by atomic mass is 10.6. The average Bonchev–Trinajstić information content (AvgIpc) is 2.12. The highest BCUT2D eigenvalue weighted by Crippen LogP contribution is 1.82. The highest BCUT2D eigenvalue weighted by atomic mass is 16.7. The molecule has 1 N–H and O–H groups in total. The Morgan fingerprint density at radius 1 is 1.58 bits per heavy atom. The van der Waals surface area contributed by atoms with Crippen molar-refractivity contribution in [2.75, 3.05) is 20.1 Å². The van der Waals surface area contributed by atoms with E-state index in [4.69, 9.17) is 0 Å². The fraction of sp³-hybridized carbons (Fsp3) is 0.714. The second-order valence-corrected chi connectivity index (χ2v) is 2.07. The zero-order valence-electron chi connectivity index (χ0n) is 7.70. The molecule has 70 valence electrons. The third-order valence-corrected chi connectivity index (χ3v) is 1.36. The maximum Gasteiger partial charge on any atom is 0.433 e. The minimum Gasteiger partial charge on any atom is -0.360 e. The predicted octanol–water partition coefficient (Wildman–Crippen LogP) is 0.627. The van der Waals surface area contributed by atoms with E-state index < -0.39 is 6.09 Å². The van der Waals surface area contributed by atoms with E-state index in [0.717, 1.165) is 13.1 Å². The van der Waals surface area contributed by atoms with Gasteiger partial charge in [0.1, 0.15) is 6.34 Å². The van der Waals surface area contributed by atoms with Crippen LogP contribution in [0.1, 0.15) is 13.8 Å². The van der Waals surface area contributed by atoms with Gasteiger partial charge >= 0.3 is 6.09 Å². The van der Waals surface area contributed by atoms with Crippen molar-refractivity contribution < 1.29 is 9.63 Å². The van der Waals surface area contributed by atoms with Gasteiger partial charge in [-0.05, 0) is 13.8 Å². The van der Waals surface area contributed by atoms with E-state index in [0.29, 0.717) is 0 Å². The molecule has 0 unspecified atom stereocenters. The fourth-order valence-electron chi connectivity index (χ4n) is 0.571. The number of nitrogens with one attached hydrogen (secondary N) is 1. The second kappa shape index (κ2) is 6.45. The molecule has 0 atom stereocenters. The van der Waals surface area contributed by atoms with Gasteiger partial charge in [-0.3, -0.25) is 4.84 Å². The van der Waals surface area contributed by atoms with Crippen molar-refractivity contribution in [2.24, 2.45) is 5.16 Å². The van der Waals surface area contributed by atoms with Crippen molar-refractivity contribution in [3.05, 3.63) is 0 Å². The summed E-state index contributed by atoms with van der Waals surface area (Å²) >= 11 is 0. The first-order valence-electron chi connectivity index (χ1n) is 3.90. The SMILES string of the molecule is CCN(C=NOC(=O)NC)CC. The topological polar surface area (TPSA) is 53.9 Å². The van der Waals surface area contributed by atoms with Gasteiger partial charge in [-0.15, -0.1) is 0 Å². The fourth-order valence-corrected chi connectivity index (χ4v) is 0.571. The van der Waals surface area contributed by atoms with Gasteiger partial charge in [0, 0.05) is 20.1 Å². The zero-order valence-corrected chi connectivity index (χ0v) is 7.70. The first kappa shape index (κ1) is 10.7. The van der Waals surface area contributed by atoms with Crippen LogP contribution < -0.4 is 5.32 Å². The van der Waals surface area contributed by atoms with Crippen LogP contribution in [0.25, 0.3) is 0 Å². The lowest BCUT2D eigenvalue weighted by Gasteiger charge is -2.12. The largest absolute Gasteiger partial charge is 0.433 e. The van der Waals surface area contributed by atoms with Gasteiger partial charge in [-0.25, -0.2) is 4.79 Å². The van der Waals surface area contributed by atoms with E-state index in [1.165, 1.54) is 13.4 Å². The molecule has 1 amide bonds. The number of oxime groups is 1. The molecule has 0 aliphatic heterocycles. The first-order valence-corrected chi connectivity index (χ1v) is 3.90. The third-order valence-electron chi connectivity index (χ3n) is 1.36. The second-order valence-electron chi connectivity index (χ2n) is 2.07. The van der Waals surface area contributed by atoms with Gasteiger partial charge in [0.15, 0.2) is 0 Å². The number of carbonyl (C=O) groups excluding carboxylic acids is 1. The molecule has 0 aliphatic carbocycles. The maximum absolute atomic E-state index is 10.5. The predicted molar refractivity (Wildman–Crippen MR) is 47.0 cm³/mol. The number of amides is 1. The summed E-state index contributed by atoms with van der Waals surface area (Å²) < 4.78 is 0. The molecule has 0 saturated carbocycles. The van der Waals surface area contributed by atoms with Crippen LogP contribution in [0.2, 0.25) is 0 Å². The van der Waals surface area contributed by atoms with Crippen molar-refractivity contribution in [1.82, 2.24) is 10.2 Å². The molecule has 0 rings (SSSR count).